The van der Waals surface area contributed by atoms with E-state index in [2.05, 4.69) is 11.2 Å². The van der Waals surface area contributed by atoms with E-state index in [1.165, 1.54) is 6.07 Å². The van der Waals surface area contributed by atoms with E-state index < -0.39 is 5.97 Å². The van der Waals surface area contributed by atoms with Crippen molar-refractivity contribution in [2.24, 2.45) is 0 Å². The van der Waals surface area contributed by atoms with Crippen molar-refractivity contribution in [1.82, 2.24) is 9.72 Å². The standard InChI is InChI=1S/C14H9N3O3/c15-7-9-2-1-3-13-11(9)4-5-17(13)8-10-6-12(14(18)19)16-20-10/h1-6H,8H2,(H,18,19). The minimum absolute atomic E-state index is 0.117. The Morgan fingerprint density at radius 1 is 1.45 bits per heavy atom. The Morgan fingerprint density at radius 3 is 3.00 bits per heavy atom. The second kappa shape index (κ2) is 4.55. The van der Waals surface area contributed by atoms with Crippen molar-refractivity contribution in [3.05, 3.63) is 53.5 Å². The van der Waals surface area contributed by atoms with Crippen LogP contribution in [-0.2, 0) is 6.54 Å². The number of hydrogen-bond acceptors (Lipinski definition) is 4. The number of aromatic nitrogens is 2. The summed E-state index contributed by atoms with van der Waals surface area (Å²) in [6, 6.07) is 10.8. The predicted octanol–water partition coefficient (Wildman–Crippen LogP) is 2.25. The third kappa shape index (κ3) is 1.91. The molecule has 6 nitrogen and oxygen atoms in total. The molecule has 0 saturated heterocycles. The van der Waals surface area contributed by atoms with Crippen molar-refractivity contribution in [2.45, 2.75) is 6.54 Å². The van der Waals surface area contributed by atoms with Crippen LogP contribution >= 0.6 is 0 Å². The first-order chi connectivity index (χ1) is 9.69. The first-order valence-corrected chi connectivity index (χ1v) is 5.86. The van der Waals surface area contributed by atoms with Crippen LogP contribution in [0.2, 0.25) is 0 Å². The van der Waals surface area contributed by atoms with Crippen LogP contribution in [0.5, 0.6) is 0 Å². The fourth-order valence-corrected chi connectivity index (χ4v) is 2.11. The van der Waals surface area contributed by atoms with Crippen molar-refractivity contribution < 1.29 is 14.4 Å². The average Bonchev–Trinajstić information content (AvgIpc) is 3.06. The highest BCUT2D eigenvalue weighted by atomic mass is 16.5. The van der Waals surface area contributed by atoms with E-state index in [0.717, 1.165) is 10.9 Å². The summed E-state index contributed by atoms with van der Waals surface area (Å²) in [5.74, 6) is -0.675. The second-order valence-electron chi connectivity index (χ2n) is 4.28. The molecule has 0 bridgehead atoms. The molecule has 0 atom stereocenters. The lowest BCUT2D eigenvalue weighted by Crippen LogP contribution is -1.97. The van der Waals surface area contributed by atoms with E-state index in [9.17, 15) is 4.79 Å². The van der Waals surface area contributed by atoms with E-state index in [1.54, 1.807) is 12.1 Å². The van der Waals surface area contributed by atoms with Crippen LogP contribution in [0.3, 0.4) is 0 Å². The molecule has 0 saturated carbocycles. The molecule has 2 heterocycles. The van der Waals surface area contributed by atoms with Crippen LogP contribution in [0.4, 0.5) is 0 Å². The molecule has 0 unspecified atom stereocenters. The Morgan fingerprint density at radius 2 is 2.30 bits per heavy atom. The summed E-state index contributed by atoms with van der Waals surface area (Å²) in [4.78, 5) is 10.7. The average molecular weight is 267 g/mol. The maximum absolute atomic E-state index is 10.7. The van der Waals surface area contributed by atoms with Crippen LogP contribution < -0.4 is 0 Å². The van der Waals surface area contributed by atoms with E-state index >= 15 is 0 Å². The van der Waals surface area contributed by atoms with Crippen LogP contribution in [0.1, 0.15) is 21.8 Å². The molecule has 0 amide bonds. The third-order valence-corrected chi connectivity index (χ3v) is 3.04. The molecule has 6 heteroatoms. The molecule has 2 aromatic heterocycles. The number of carboxylic acids is 1. The predicted molar refractivity (Wildman–Crippen MR) is 69.2 cm³/mol. The minimum atomic E-state index is -1.12. The summed E-state index contributed by atoms with van der Waals surface area (Å²) in [5, 5.41) is 22.2. The Hall–Kier alpha value is -3.07. The van der Waals surface area contributed by atoms with E-state index in [4.69, 9.17) is 14.9 Å². The SMILES string of the molecule is N#Cc1cccc2c1ccn2Cc1cc(C(=O)O)no1. The summed E-state index contributed by atoms with van der Waals surface area (Å²) in [6.45, 7) is 0.360. The third-order valence-electron chi connectivity index (χ3n) is 3.04. The molecule has 1 N–H and O–H groups in total. The maximum Gasteiger partial charge on any atom is 0.358 e. The molecule has 3 rings (SSSR count). The first-order valence-electron chi connectivity index (χ1n) is 5.86. The van der Waals surface area contributed by atoms with Crippen LogP contribution in [0.15, 0.2) is 41.1 Å². The number of carboxylic acid groups (broad SMARTS) is 1. The number of fused-ring (bicyclic) bond motifs is 1. The Kier molecular flexibility index (Phi) is 2.73. The van der Waals surface area contributed by atoms with Crippen LogP contribution in [0.25, 0.3) is 10.9 Å². The van der Waals surface area contributed by atoms with Gasteiger partial charge in [0.1, 0.15) is 0 Å². The zero-order valence-corrected chi connectivity index (χ0v) is 10.3. The van der Waals surface area contributed by atoms with Gasteiger partial charge in [-0.05, 0) is 18.2 Å². The van der Waals surface area contributed by atoms with Gasteiger partial charge >= 0.3 is 5.97 Å². The lowest BCUT2D eigenvalue weighted by molar-refractivity contribution is 0.0685. The van der Waals surface area contributed by atoms with Gasteiger partial charge in [0.15, 0.2) is 11.5 Å². The lowest BCUT2D eigenvalue weighted by atomic mass is 10.1. The minimum Gasteiger partial charge on any atom is -0.476 e. The zero-order chi connectivity index (χ0) is 14.1. The molecule has 0 radical (unpaired) electrons. The number of rotatable bonds is 3. The van der Waals surface area contributed by atoms with Crippen molar-refractivity contribution >= 4 is 16.9 Å². The van der Waals surface area contributed by atoms with Gasteiger partial charge in [0, 0.05) is 23.2 Å². The molecule has 0 fully saturated rings. The van der Waals surface area contributed by atoms with Gasteiger partial charge in [-0.25, -0.2) is 4.79 Å². The van der Waals surface area contributed by atoms with E-state index in [1.807, 2.05) is 22.9 Å². The Labute approximate surface area is 113 Å². The molecule has 98 valence electrons. The number of nitrogens with zero attached hydrogens (tertiary/aromatic N) is 3. The topological polar surface area (TPSA) is 92.0 Å². The monoisotopic (exact) mass is 267 g/mol. The summed E-state index contributed by atoms with van der Waals surface area (Å²) in [5.41, 5.74) is 1.37. The van der Waals surface area contributed by atoms with Gasteiger partial charge in [-0.15, -0.1) is 0 Å². The maximum atomic E-state index is 10.7. The molecule has 0 spiro atoms. The van der Waals surface area contributed by atoms with Crippen molar-refractivity contribution in [3.63, 3.8) is 0 Å². The molecule has 0 aliphatic carbocycles. The molecular weight excluding hydrogens is 258 g/mol. The summed E-state index contributed by atoms with van der Waals surface area (Å²) < 4.78 is 6.87. The zero-order valence-electron chi connectivity index (χ0n) is 10.3. The molecule has 0 aliphatic rings. The number of nitriles is 1. The van der Waals surface area contributed by atoms with Gasteiger partial charge in [0.25, 0.3) is 0 Å². The largest absolute Gasteiger partial charge is 0.476 e. The van der Waals surface area contributed by atoms with Gasteiger partial charge in [-0.1, -0.05) is 11.2 Å². The molecular formula is C14H9N3O3. The Balaban J connectivity index is 1.99. The van der Waals surface area contributed by atoms with Crippen LogP contribution in [-0.4, -0.2) is 20.8 Å². The fourth-order valence-electron chi connectivity index (χ4n) is 2.11. The highest BCUT2D eigenvalue weighted by Crippen LogP contribution is 2.21. The molecule has 3 aromatic rings. The quantitative estimate of drug-likeness (QED) is 0.785. The summed E-state index contributed by atoms with van der Waals surface area (Å²) >= 11 is 0. The van der Waals surface area contributed by atoms with Gasteiger partial charge in [-0.3, -0.25) is 0 Å². The molecule has 0 aliphatic heterocycles. The van der Waals surface area contributed by atoms with E-state index in [0.29, 0.717) is 17.9 Å². The van der Waals surface area contributed by atoms with Gasteiger partial charge in [0.05, 0.1) is 18.2 Å². The smallest absolute Gasteiger partial charge is 0.358 e. The summed E-state index contributed by atoms with van der Waals surface area (Å²) in [7, 11) is 0. The molecule has 1 aromatic carbocycles. The van der Waals surface area contributed by atoms with E-state index in [-0.39, 0.29) is 5.69 Å². The van der Waals surface area contributed by atoms with Gasteiger partial charge in [0.2, 0.25) is 0 Å². The van der Waals surface area contributed by atoms with Crippen LogP contribution in [0, 0.1) is 11.3 Å². The second-order valence-corrected chi connectivity index (χ2v) is 4.28. The number of aromatic carboxylic acids is 1. The first kappa shape index (κ1) is 12.0. The normalized spacial score (nSPS) is 10.6. The Bertz CT molecular complexity index is 839. The molecule has 20 heavy (non-hydrogen) atoms. The highest BCUT2D eigenvalue weighted by Gasteiger charge is 2.12. The van der Waals surface area contributed by atoms with Crippen molar-refractivity contribution in [2.75, 3.05) is 0 Å². The van der Waals surface area contributed by atoms with Crippen molar-refractivity contribution in [1.29, 1.82) is 5.26 Å². The lowest BCUT2D eigenvalue weighted by Gasteiger charge is -2.02. The van der Waals surface area contributed by atoms with Crippen molar-refractivity contribution in [3.8, 4) is 6.07 Å². The van der Waals surface area contributed by atoms with Gasteiger partial charge < -0.3 is 14.2 Å². The number of benzene rings is 1. The number of hydrogen-bond donors (Lipinski definition) is 1. The number of carbonyl (C=O) groups is 1. The van der Waals surface area contributed by atoms with Gasteiger partial charge in [-0.2, -0.15) is 5.26 Å². The fraction of sp³-hybridized carbons (Fsp3) is 0.0714. The highest BCUT2D eigenvalue weighted by molar-refractivity contribution is 5.86. The summed E-state index contributed by atoms with van der Waals surface area (Å²) in [6.07, 6.45) is 1.83.